The highest BCUT2D eigenvalue weighted by Crippen LogP contribution is 2.40. The van der Waals surface area contributed by atoms with E-state index in [9.17, 15) is 17.6 Å². The maximum atomic E-state index is 13.2. The molecule has 2 aromatic rings. The van der Waals surface area contributed by atoms with Crippen molar-refractivity contribution in [3.05, 3.63) is 57.8 Å². The van der Waals surface area contributed by atoms with Gasteiger partial charge in [0.25, 0.3) is 0 Å². The largest absolute Gasteiger partial charge is 0.455 e. The van der Waals surface area contributed by atoms with Gasteiger partial charge in [0.1, 0.15) is 17.3 Å². The zero-order valence-electron chi connectivity index (χ0n) is 10.3. The number of benzene rings is 2. The number of hydrogen-bond acceptors (Lipinski definition) is 1. The molecule has 112 valence electrons. The van der Waals surface area contributed by atoms with Crippen LogP contribution in [0.15, 0.2) is 40.9 Å². The van der Waals surface area contributed by atoms with Crippen LogP contribution in [0.4, 0.5) is 17.6 Å². The van der Waals surface area contributed by atoms with Crippen molar-refractivity contribution >= 4 is 31.9 Å². The number of rotatable bonds is 3. The summed E-state index contributed by atoms with van der Waals surface area (Å²) in [6.07, 6.45) is -4.56. The van der Waals surface area contributed by atoms with Gasteiger partial charge in [-0.15, -0.1) is 0 Å². The van der Waals surface area contributed by atoms with Gasteiger partial charge >= 0.3 is 6.18 Å². The smallest absolute Gasteiger partial charge is 0.419 e. The van der Waals surface area contributed by atoms with E-state index in [0.29, 0.717) is 15.4 Å². The molecule has 0 fully saturated rings. The van der Waals surface area contributed by atoms with Crippen LogP contribution in [0.5, 0.6) is 11.5 Å². The van der Waals surface area contributed by atoms with Crippen LogP contribution in [0.1, 0.15) is 11.1 Å². The fraction of sp³-hybridized carbons (Fsp3) is 0.143. The molecule has 0 N–H and O–H groups in total. The fourth-order valence-electron chi connectivity index (χ4n) is 1.64. The summed E-state index contributed by atoms with van der Waals surface area (Å²) < 4.78 is 58.0. The minimum Gasteiger partial charge on any atom is -0.455 e. The predicted molar refractivity (Wildman–Crippen MR) is 78.2 cm³/mol. The molecule has 2 rings (SSSR count). The lowest BCUT2D eigenvalue weighted by Crippen LogP contribution is -2.08. The molecule has 0 saturated heterocycles. The molecule has 0 unspecified atom stereocenters. The summed E-state index contributed by atoms with van der Waals surface area (Å²) in [5, 5.41) is 0.292. The molecule has 0 saturated carbocycles. The molecule has 0 bridgehead atoms. The van der Waals surface area contributed by atoms with E-state index in [4.69, 9.17) is 4.74 Å². The lowest BCUT2D eigenvalue weighted by atomic mass is 10.1. The molecule has 0 aliphatic carbocycles. The highest BCUT2D eigenvalue weighted by molar-refractivity contribution is 9.10. The van der Waals surface area contributed by atoms with Crippen molar-refractivity contribution in [3.63, 3.8) is 0 Å². The Morgan fingerprint density at radius 2 is 1.71 bits per heavy atom. The Bertz CT molecular complexity index is 656. The van der Waals surface area contributed by atoms with Crippen LogP contribution in [-0.4, -0.2) is 0 Å². The Morgan fingerprint density at radius 3 is 2.33 bits per heavy atom. The molecule has 7 heteroatoms. The van der Waals surface area contributed by atoms with Crippen molar-refractivity contribution in [1.29, 1.82) is 0 Å². The standard InChI is InChI=1S/C14H8Br2F4O/c15-7-8-1-4-12(10(5-8)14(18,19)20)21-13-6-9(17)2-3-11(13)16/h1-6H,7H2. The summed E-state index contributed by atoms with van der Waals surface area (Å²) in [6, 6.07) is 7.28. The lowest BCUT2D eigenvalue weighted by molar-refractivity contribution is -0.138. The van der Waals surface area contributed by atoms with Crippen LogP contribution >= 0.6 is 31.9 Å². The van der Waals surface area contributed by atoms with Gasteiger partial charge in [-0.25, -0.2) is 4.39 Å². The van der Waals surface area contributed by atoms with E-state index in [2.05, 4.69) is 31.9 Å². The van der Waals surface area contributed by atoms with Gasteiger partial charge in [-0.05, 0) is 45.8 Å². The summed E-state index contributed by atoms with van der Waals surface area (Å²) in [5.41, 5.74) is -0.441. The molecule has 0 aliphatic heterocycles. The molecule has 0 spiro atoms. The molecule has 0 aromatic heterocycles. The van der Waals surface area contributed by atoms with Gasteiger partial charge in [0, 0.05) is 11.4 Å². The maximum Gasteiger partial charge on any atom is 0.419 e. The molecule has 2 aromatic carbocycles. The van der Waals surface area contributed by atoms with Gasteiger partial charge in [-0.1, -0.05) is 22.0 Å². The van der Waals surface area contributed by atoms with Crippen molar-refractivity contribution in [2.45, 2.75) is 11.5 Å². The fourth-order valence-corrected chi connectivity index (χ4v) is 2.32. The van der Waals surface area contributed by atoms with Gasteiger partial charge in [0.15, 0.2) is 0 Å². The topological polar surface area (TPSA) is 9.23 Å². The van der Waals surface area contributed by atoms with E-state index in [-0.39, 0.29) is 11.5 Å². The van der Waals surface area contributed by atoms with Crippen LogP contribution < -0.4 is 4.74 Å². The summed E-state index contributed by atoms with van der Waals surface area (Å²) in [4.78, 5) is 0. The molecule has 21 heavy (non-hydrogen) atoms. The zero-order valence-corrected chi connectivity index (χ0v) is 13.5. The van der Waals surface area contributed by atoms with Gasteiger partial charge in [0.05, 0.1) is 10.0 Å². The first-order valence-corrected chi connectivity index (χ1v) is 7.61. The molecule has 0 amide bonds. The van der Waals surface area contributed by atoms with Crippen molar-refractivity contribution < 1.29 is 22.3 Å². The Kier molecular flexibility index (Phi) is 4.93. The Morgan fingerprint density at radius 1 is 1.00 bits per heavy atom. The molecule has 0 aliphatic rings. The number of hydrogen-bond donors (Lipinski definition) is 0. The number of halogens is 6. The van der Waals surface area contributed by atoms with Crippen LogP contribution in [0, 0.1) is 5.82 Å². The number of alkyl halides is 4. The van der Waals surface area contributed by atoms with E-state index < -0.39 is 17.6 Å². The molecular formula is C14H8Br2F4O. The van der Waals surface area contributed by atoms with Crippen molar-refractivity contribution in [1.82, 2.24) is 0 Å². The highest BCUT2D eigenvalue weighted by atomic mass is 79.9. The van der Waals surface area contributed by atoms with E-state index >= 15 is 0 Å². The third kappa shape index (κ3) is 3.97. The second-order valence-corrected chi connectivity index (χ2v) is 5.55. The zero-order chi connectivity index (χ0) is 15.6. The third-order valence-corrected chi connectivity index (χ3v) is 3.92. The van der Waals surface area contributed by atoms with Crippen molar-refractivity contribution in [2.24, 2.45) is 0 Å². The molecule has 0 atom stereocenters. The van der Waals surface area contributed by atoms with E-state index in [1.807, 2.05) is 0 Å². The van der Waals surface area contributed by atoms with Crippen molar-refractivity contribution in [3.8, 4) is 11.5 Å². The monoisotopic (exact) mass is 426 g/mol. The van der Waals surface area contributed by atoms with E-state index in [1.54, 1.807) is 0 Å². The molecule has 0 radical (unpaired) electrons. The SMILES string of the molecule is Fc1ccc(Br)c(Oc2ccc(CBr)cc2C(F)(F)F)c1. The summed E-state index contributed by atoms with van der Waals surface area (Å²) in [5.74, 6) is -0.996. The Balaban J connectivity index is 2.46. The van der Waals surface area contributed by atoms with Crippen LogP contribution in [0.25, 0.3) is 0 Å². The quantitative estimate of drug-likeness (QED) is 0.413. The normalized spacial score (nSPS) is 11.5. The van der Waals surface area contributed by atoms with Gasteiger partial charge < -0.3 is 4.74 Å². The first kappa shape index (κ1) is 16.3. The van der Waals surface area contributed by atoms with E-state index in [1.165, 1.54) is 24.3 Å². The second-order valence-electron chi connectivity index (χ2n) is 4.14. The summed E-state index contributed by atoms with van der Waals surface area (Å²) in [7, 11) is 0. The van der Waals surface area contributed by atoms with E-state index in [0.717, 1.165) is 12.1 Å². The highest BCUT2D eigenvalue weighted by Gasteiger charge is 2.35. The lowest BCUT2D eigenvalue weighted by Gasteiger charge is -2.15. The van der Waals surface area contributed by atoms with Gasteiger partial charge in [0.2, 0.25) is 0 Å². The Labute approximate surface area is 135 Å². The summed E-state index contributed by atoms with van der Waals surface area (Å²) >= 11 is 6.22. The van der Waals surface area contributed by atoms with Crippen LogP contribution in [-0.2, 0) is 11.5 Å². The minimum absolute atomic E-state index is 0.0212. The minimum atomic E-state index is -4.56. The first-order chi connectivity index (χ1) is 9.81. The number of ether oxygens (including phenoxy) is 1. The molecular weight excluding hydrogens is 420 g/mol. The maximum absolute atomic E-state index is 13.2. The van der Waals surface area contributed by atoms with Gasteiger partial charge in [-0.2, -0.15) is 13.2 Å². The average molecular weight is 428 g/mol. The van der Waals surface area contributed by atoms with Gasteiger partial charge in [-0.3, -0.25) is 0 Å². The predicted octanol–water partition coefficient (Wildman–Crippen LogP) is 6.29. The van der Waals surface area contributed by atoms with Crippen LogP contribution in [0.3, 0.4) is 0 Å². The molecule has 0 heterocycles. The Hall–Kier alpha value is -1.08. The van der Waals surface area contributed by atoms with Crippen molar-refractivity contribution in [2.75, 3.05) is 0 Å². The first-order valence-electron chi connectivity index (χ1n) is 5.70. The third-order valence-electron chi connectivity index (χ3n) is 2.62. The molecule has 1 nitrogen and oxygen atoms in total. The second kappa shape index (κ2) is 6.36. The summed E-state index contributed by atoms with van der Waals surface area (Å²) in [6.45, 7) is 0. The average Bonchev–Trinajstić information content (AvgIpc) is 2.42. The van der Waals surface area contributed by atoms with Crippen LogP contribution in [0.2, 0.25) is 0 Å².